The third-order valence-corrected chi connectivity index (χ3v) is 6.60. The summed E-state index contributed by atoms with van der Waals surface area (Å²) in [4.78, 5) is 12.6. The quantitative estimate of drug-likeness (QED) is 0.540. The van der Waals surface area contributed by atoms with E-state index in [1.54, 1.807) is 12.1 Å². The molecule has 1 amide bonds. The molecule has 2 aromatic rings. The van der Waals surface area contributed by atoms with Crippen LogP contribution in [0.25, 0.3) is 0 Å². The lowest BCUT2D eigenvalue weighted by molar-refractivity contribution is 0.0955. The zero-order valence-corrected chi connectivity index (χ0v) is 18.1. The Labute approximate surface area is 177 Å². The van der Waals surface area contributed by atoms with Crippen LogP contribution in [0.1, 0.15) is 49.0 Å². The van der Waals surface area contributed by atoms with Gasteiger partial charge in [0.2, 0.25) is 10.0 Å². The second-order valence-electron chi connectivity index (χ2n) is 7.40. The Morgan fingerprint density at radius 3 is 2.57 bits per heavy atom. The predicted molar refractivity (Wildman–Crippen MR) is 116 cm³/mol. The molecule has 160 valence electrons. The number of ether oxygens (including phenoxy) is 1. The average molecular weight is 430 g/mol. The second kappa shape index (κ2) is 9.86. The number of para-hydroxylation sites is 1. The van der Waals surface area contributed by atoms with Gasteiger partial charge in [0.1, 0.15) is 5.75 Å². The van der Waals surface area contributed by atoms with Crippen molar-refractivity contribution in [3.8, 4) is 5.75 Å². The maximum atomic E-state index is 12.8. The highest BCUT2D eigenvalue weighted by Crippen LogP contribution is 2.21. The number of hydrazone groups is 1. The van der Waals surface area contributed by atoms with Crippen LogP contribution in [0.15, 0.2) is 58.5 Å². The Balaban J connectivity index is 1.71. The van der Waals surface area contributed by atoms with Gasteiger partial charge in [0, 0.05) is 24.2 Å². The number of nitrogens with one attached hydrogen (secondary N) is 1. The minimum atomic E-state index is -3.60. The van der Waals surface area contributed by atoms with Crippen LogP contribution in [-0.4, -0.2) is 44.0 Å². The lowest BCUT2D eigenvalue weighted by atomic mass is 10.2. The van der Waals surface area contributed by atoms with E-state index < -0.39 is 15.9 Å². The highest BCUT2D eigenvalue weighted by Gasteiger charge is 2.26. The molecule has 8 heteroatoms. The molecule has 1 saturated heterocycles. The molecule has 0 saturated carbocycles. The van der Waals surface area contributed by atoms with E-state index in [-0.39, 0.29) is 16.6 Å². The van der Waals surface area contributed by atoms with E-state index in [2.05, 4.69) is 10.5 Å². The minimum Gasteiger partial charge on any atom is -0.490 e. The zero-order chi connectivity index (χ0) is 21.6. The van der Waals surface area contributed by atoms with Gasteiger partial charge in [-0.15, -0.1) is 0 Å². The number of carbonyl (C=O) groups is 1. The minimum absolute atomic E-state index is 0.0127. The molecule has 30 heavy (non-hydrogen) atoms. The van der Waals surface area contributed by atoms with Crippen molar-refractivity contribution in [2.45, 2.75) is 44.1 Å². The van der Waals surface area contributed by atoms with Crippen molar-refractivity contribution >= 4 is 22.1 Å². The number of piperidine rings is 1. The SMILES string of the molecule is CC(C)Oc1ccccc1C=NNC(=O)c1cccc(S(=O)(=O)N2CCCCC2)c1. The van der Waals surface area contributed by atoms with Crippen molar-refractivity contribution in [2.24, 2.45) is 5.10 Å². The molecule has 7 nitrogen and oxygen atoms in total. The van der Waals surface area contributed by atoms with E-state index >= 15 is 0 Å². The summed E-state index contributed by atoms with van der Waals surface area (Å²) in [6.07, 6.45) is 4.27. The largest absolute Gasteiger partial charge is 0.490 e. The van der Waals surface area contributed by atoms with Crippen LogP contribution in [0, 0.1) is 0 Å². The smallest absolute Gasteiger partial charge is 0.271 e. The van der Waals surface area contributed by atoms with Crippen molar-refractivity contribution in [1.82, 2.24) is 9.73 Å². The first kappa shape index (κ1) is 22.0. The normalized spacial score (nSPS) is 15.4. The molecule has 0 unspecified atom stereocenters. The van der Waals surface area contributed by atoms with Crippen LogP contribution >= 0.6 is 0 Å². The summed E-state index contributed by atoms with van der Waals surface area (Å²) >= 11 is 0. The molecule has 3 rings (SSSR count). The van der Waals surface area contributed by atoms with E-state index in [1.165, 1.54) is 22.7 Å². The second-order valence-corrected chi connectivity index (χ2v) is 9.33. The van der Waals surface area contributed by atoms with Crippen molar-refractivity contribution in [3.05, 3.63) is 59.7 Å². The molecule has 0 radical (unpaired) electrons. The molecule has 0 aliphatic carbocycles. The van der Waals surface area contributed by atoms with Gasteiger partial charge in [-0.1, -0.05) is 24.6 Å². The van der Waals surface area contributed by atoms with Crippen LogP contribution in [0.3, 0.4) is 0 Å². The van der Waals surface area contributed by atoms with Gasteiger partial charge < -0.3 is 4.74 Å². The molecule has 0 bridgehead atoms. The molecule has 0 aromatic heterocycles. The van der Waals surface area contributed by atoms with Crippen molar-refractivity contribution in [1.29, 1.82) is 0 Å². The molecular weight excluding hydrogens is 402 g/mol. The summed E-state index contributed by atoms with van der Waals surface area (Å²) in [7, 11) is -3.60. The first-order valence-electron chi connectivity index (χ1n) is 10.1. The van der Waals surface area contributed by atoms with Gasteiger partial charge in [-0.05, 0) is 57.0 Å². The van der Waals surface area contributed by atoms with Gasteiger partial charge in [0.05, 0.1) is 17.2 Å². The average Bonchev–Trinajstić information content (AvgIpc) is 2.75. The standard InChI is InChI=1S/C22H27N3O4S/c1-17(2)29-21-12-5-4-9-19(21)16-23-24-22(26)18-10-8-11-20(15-18)30(27,28)25-13-6-3-7-14-25/h4-5,8-12,15-17H,3,6-7,13-14H2,1-2H3,(H,24,26). The number of sulfonamides is 1. The topological polar surface area (TPSA) is 88.1 Å². The Bertz CT molecular complexity index is 1010. The van der Waals surface area contributed by atoms with Crippen LogP contribution in [0.4, 0.5) is 0 Å². The first-order chi connectivity index (χ1) is 14.4. The van der Waals surface area contributed by atoms with Crippen LogP contribution in [0.2, 0.25) is 0 Å². The third kappa shape index (κ3) is 5.46. The molecule has 1 aliphatic heterocycles. The van der Waals surface area contributed by atoms with Gasteiger partial charge >= 0.3 is 0 Å². The van der Waals surface area contributed by atoms with Crippen LogP contribution < -0.4 is 10.2 Å². The highest BCUT2D eigenvalue weighted by atomic mass is 32.2. The molecular formula is C22H27N3O4S. The summed E-state index contributed by atoms with van der Waals surface area (Å²) in [6.45, 7) is 4.89. The maximum Gasteiger partial charge on any atom is 0.271 e. The number of carbonyl (C=O) groups excluding carboxylic acids is 1. The van der Waals surface area contributed by atoms with E-state index in [9.17, 15) is 13.2 Å². The molecule has 1 heterocycles. The number of amides is 1. The maximum absolute atomic E-state index is 12.8. The highest BCUT2D eigenvalue weighted by molar-refractivity contribution is 7.89. The first-order valence-corrected chi connectivity index (χ1v) is 11.5. The molecule has 1 aliphatic rings. The Morgan fingerprint density at radius 2 is 1.83 bits per heavy atom. The van der Waals surface area contributed by atoms with Crippen LogP contribution in [-0.2, 0) is 10.0 Å². The molecule has 1 fully saturated rings. The Hall–Kier alpha value is -2.71. The van der Waals surface area contributed by atoms with Gasteiger partial charge in [0.25, 0.3) is 5.91 Å². The lowest BCUT2D eigenvalue weighted by Crippen LogP contribution is -2.35. The van der Waals surface area contributed by atoms with Crippen LogP contribution in [0.5, 0.6) is 5.75 Å². The number of rotatable bonds is 7. The summed E-state index contributed by atoms with van der Waals surface area (Å²) in [5.74, 6) is 0.185. The molecule has 1 N–H and O–H groups in total. The fraction of sp³-hybridized carbons (Fsp3) is 0.364. The lowest BCUT2D eigenvalue weighted by Gasteiger charge is -2.25. The summed E-state index contributed by atoms with van der Waals surface area (Å²) in [6, 6.07) is 13.4. The Morgan fingerprint density at radius 1 is 1.10 bits per heavy atom. The van der Waals surface area contributed by atoms with Crippen molar-refractivity contribution in [3.63, 3.8) is 0 Å². The summed E-state index contributed by atoms with van der Waals surface area (Å²) < 4.78 is 32.9. The monoisotopic (exact) mass is 429 g/mol. The van der Waals surface area contributed by atoms with Crippen molar-refractivity contribution < 1.29 is 17.9 Å². The fourth-order valence-electron chi connectivity index (χ4n) is 3.23. The third-order valence-electron chi connectivity index (χ3n) is 4.70. The van der Waals surface area contributed by atoms with Gasteiger partial charge in [-0.25, -0.2) is 13.8 Å². The van der Waals surface area contributed by atoms with Gasteiger partial charge in [-0.2, -0.15) is 9.41 Å². The van der Waals surface area contributed by atoms with Gasteiger partial charge in [-0.3, -0.25) is 4.79 Å². The summed E-state index contributed by atoms with van der Waals surface area (Å²) in [5.41, 5.74) is 3.42. The van der Waals surface area contributed by atoms with Crippen molar-refractivity contribution in [2.75, 3.05) is 13.1 Å². The number of nitrogens with zero attached hydrogens (tertiary/aromatic N) is 2. The van der Waals surface area contributed by atoms with E-state index in [0.29, 0.717) is 18.8 Å². The number of hydrogen-bond donors (Lipinski definition) is 1. The molecule has 2 aromatic carbocycles. The van der Waals surface area contributed by atoms with E-state index in [0.717, 1.165) is 24.8 Å². The predicted octanol–water partition coefficient (Wildman–Crippen LogP) is 3.41. The van der Waals surface area contributed by atoms with E-state index in [4.69, 9.17) is 4.74 Å². The summed E-state index contributed by atoms with van der Waals surface area (Å²) in [5, 5.41) is 4.00. The molecule has 0 atom stereocenters. The number of hydrogen-bond acceptors (Lipinski definition) is 5. The number of benzene rings is 2. The fourth-order valence-corrected chi connectivity index (χ4v) is 4.79. The zero-order valence-electron chi connectivity index (χ0n) is 17.2. The molecule has 0 spiro atoms. The van der Waals surface area contributed by atoms with E-state index in [1.807, 2.05) is 38.1 Å². The Kier molecular flexibility index (Phi) is 7.23. The van der Waals surface area contributed by atoms with Gasteiger partial charge in [0.15, 0.2) is 0 Å².